The predicted octanol–water partition coefficient (Wildman–Crippen LogP) is 2.57. The van der Waals surface area contributed by atoms with Gasteiger partial charge in [-0.1, -0.05) is 46.4 Å². The molecule has 0 bridgehead atoms. The van der Waals surface area contributed by atoms with Crippen molar-refractivity contribution in [3.05, 3.63) is 0 Å². The molecule has 0 N–H and O–H groups in total. The van der Waals surface area contributed by atoms with E-state index in [9.17, 15) is 9.59 Å². The fourth-order valence-corrected chi connectivity index (χ4v) is 1.12. The summed E-state index contributed by atoms with van der Waals surface area (Å²) in [5, 5.41) is 0. The predicted molar refractivity (Wildman–Crippen MR) is 53.7 cm³/mol. The maximum Gasteiger partial charge on any atom is 0.511 e. The van der Waals surface area contributed by atoms with Crippen molar-refractivity contribution < 1.29 is 28.5 Å². The number of cyclic esters (lactones) is 4. The second-order valence-electron chi connectivity index (χ2n) is 2.56. The van der Waals surface area contributed by atoms with Gasteiger partial charge in [0, 0.05) is 0 Å². The van der Waals surface area contributed by atoms with E-state index in [4.69, 9.17) is 46.4 Å². The molecule has 2 aliphatic rings. The second-order valence-corrected chi connectivity index (χ2v) is 5.39. The largest absolute Gasteiger partial charge is 0.511 e. The number of rotatable bonds is 0. The summed E-state index contributed by atoms with van der Waals surface area (Å²) in [4.78, 5) is 20.1. The van der Waals surface area contributed by atoms with Gasteiger partial charge in [0.15, 0.2) is 13.2 Å². The second kappa shape index (κ2) is 4.91. The molecule has 0 saturated carbocycles. The van der Waals surface area contributed by atoms with Crippen LogP contribution in [0.15, 0.2) is 0 Å². The van der Waals surface area contributed by atoms with Crippen molar-refractivity contribution in [2.45, 2.75) is 9.04 Å². The third-order valence-electron chi connectivity index (χ3n) is 1.18. The number of hydrogen-bond acceptors (Lipinski definition) is 6. The van der Waals surface area contributed by atoms with Crippen molar-refractivity contribution in [3.8, 4) is 0 Å². The zero-order chi connectivity index (χ0) is 12.4. The summed E-state index contributed by atoms with van der Waals surface area (Å²) < 4.78 is 14.0. The molecule has 2 saturated heterocycles. The van der Waals surface area contributed by atoms with Gasteiger partial charge >= 0.3 is 12.3 Å². The Morgan fingerprint density at radius 2 is 1.12 bits per heavy atom. The van der Waals surface area contributed by atoms with E-state index in [0.717, 1.165) is 0 Å². The van der Waals surface area contributed by atoms with Crippen LogP contribution in [0, 0.1) is 0 Å². The highest BCUT2D eigenvalue weighted by Gasteiger charge is 2.38. The van der Waals surface area contributed by atoms with Crippen LogP contribution in [0.4, 0.5) is 9.59 Å². The molecule has 16 heavy (non-hydrogen) atoms. The number of hydrogen-bond donors (Lipinski definition) is 0. The molecule has 0 aromatic rings. The molecule has 2 heterocycles. The van der Waals surface area contributed by atoms with Crippen molar-refractivity contribution in [2.75, 3.05) is 13.2 Å². The Labute approximate surface area is 110 Å². The Morgan fingerprint density at radius 1 is 0.812 bits per heavy atom. The fraction of sp³-hybridized carbons (Fsp3) is 0.667. The van der Waals surface area contributed by atoms with E-state index in [-0.39, 0.29) is 13.2 Å². The van der Waals surface area contributed by atoms with Gasteiger partial charge in [-0.2, -0.15) is 0 Å². The van der Waals surface area contributed by atoms with E-state index in [0.29, 0.717) is 0 Å². The van der Waals surface area contributed by atoms with Gasteiger partial charge in [-0.05, 0) is 0 Å². The lowest BCUT2D eigenvalue weighted by molar-refractivity contribution is 0.123. The Morgan fingerprint density at radius 3 is 1.19 bits per heavy atom. The third kappa shape index (κ3) is 4.69. The normalized spacial score (nSPS) is 24.5. The number of alkyl halides is 4. The standard InChI is InChI=1S/2C3H2Cl2O3/c2*4-3(5)1-7-2(6)8-3/h2*1H2. The molecule has 0 atom stereocenters. The highest BCUT2D eigenvalue weighted by molar-refractivity contribution is 6.48. The van der Waals surface area contributed by atoms with E-state index in [1.54, 1.807) is 0 Å². The zero-order valence-electron chi connectivity index (χ0n) is 7.38. The molecule has 0 unspecified atom stereocenters. The van der Waals surface area contributed by atoms with Crippen molar-refractivity contribution in [3.63, 3.8) is 0 Å². The van der Waals surface area contributed by atoms with Gasteiger partial charge in [0.05, 0.1) is 0 Å². The van der Waals surface area contributed by atoms with Crippen LogP contribution in [0.1, 0.15) is 0 Å². The summed E-state index contributed by atoms with van der Waals surface area (Å²) >= 11 is 21.0. The summed E-state index contributed by atoms with van der Waals surface area (Å²) in [5.41, 5.74) is 0. The molecular weight excluding hydrogens is 310 g/mol. The maximum absolute atomic E-state index is 10.0. The van der Waals surface area contributed by atoms with Crippen molar-refractivity contribution in [2.24, 2.45) is 0 Å². The van der Waals surface area contributed by atoms with Gasteiger partial charge in [0.25, 0.3) is 9.04 Å². The monoisotopic (exact) mass is 312 g/mol. The fourth-order valence-electron chi connectivity index (χ4n) is 0.648. The summed E-state index contributed by atoms with van der Waals surface area (Å²) in [6.07, 6.45) is -1.65. The number of halogens is 4. The molecule has 0 aromatic carbocycles. The SMILES string of the molecule is O=C1OCC(Cl)(Cl)O1.O=C1OCC(Cl)(Cl)O1. The molecule has 0 spiro atoms. The summed E-state index contributed by atoms with van der Waals surface area (Å²) in [6.45, 7) is -0.204. The minimum absolute atomic E-state index is 0.102. The highest BCUT2D eigenvalue weighted by Crippen LogP contribution is 2.29. The minimum atomic E-state index is -1.46. The topological polar surface area (TPSA) is 71.1 Å². The van der Waals surface area contributed by atoms with Gasteiger partial charge in [0.1, 0.15) is 0 Å². The van der Waals surface area contributed by atoms with Crippen LogP contribution >= 0.6 is 46.4 Å². The molecule has 10 heteroatoms. The summed E-state index contributed by atoms with van der Waals surface area (Å²) in [6, 6.07) is 0. The van der Waals surface area contributed by atoms with E-state index in [1.807, 2.05) is 0 Å². The molecule has 6 nitrogen and oxygen atoms in total. The first-order chi connectivity index (χ1) is 7.20. The first-order valence-corrected chi connectivity index (χ1v) is 5.19. The smallest absolute Gasteiger partial charge is 0.427 e. The van der Waals surface area contributed by atoms with Crippen LogP contribution in [-0.2, 0) is 18.9 Å². The van der Waals surface area contributed by atoms with Crippen LogP contribution in [0.2, 0.25) is 0 Å². The van der Waals surface area contributed by atoms with Crippen molar-refractivity contribution in [1.29, 1.82) is 0 Å². The van der Waals surface area contributed by atoms with E-state index >= 15 is 0 Å². The number of carbonyl (C=O) groups is 2. The van der Waals surface area contributed by atoms with Gasteiger partial charge < -0.3 is 18.9 Å². The van der Waals surface area contributed by atoms with E-state index in [2.05, 4.69) is 18.9 Å². The third-order valence-corrected chi connectivity index (χ3v) is 1.93. The van der Waals surface area contributed by atoms with Gasteiger partial charge in [-0.25, -0.2) is 9.59 Å². The molecule has 2 rings (SSSR count). The first-order valence-electron chi connectivity index (χ1n) is 3.67. The first kappa shape index (κ1) is 13.8. The van der Waals surface area contributed by atoms with Crippen LogP contribution in [0.5, 0.6) is 0 Å². The molecule has 2 fully saturated rings. The van der Waals surface area contributed by atoms with E-state index < -0.39 is 21.3 Å². The minimum Gasteiger partial charge on any atom is -0.427 e. The van der Waals surface area contributed by atoms with Crippen molar-refractivity contribution in [1.82, 2.24) is 0 Å². The molecule has 0 aromatic heterocycles. The van der Waals surface area contributed by atoms with E-state index in [1.165, 1.54) is 0 Å². The van der Waals surface area contributed by atoms with Crippen LogP contribution < -0.4 is 0 Å². The lowest BCUT2D eigenvalue weighted by Crippen LogP contribution is -2.13. The average molecular weight is 314 g/mol. The van der Waals surface area contributed by atoms with Gasteiger partial charge in [-0.3, -0.25) is 0 Å². The lowest BCUT2D eigenvalue weighted by atomic mass is 10.8. The van der Waals surface area contributed by atoms with Crippen LogP contribution in [0.3, 0.4) is 0 Å². The Hall–Kier alpha value is -0.300. The molecule has 92 valence electrons. The van der Waals surface area contributed by atoms with Crippen molar-refractivity contribution >= 4 is 58.7 Å². The molecule has 2 aliphatic heterocycles. The molecular formula is C6H4Cl4O6. The Bertz CT molecular complexity index is 273. The zero-order valence-corrected chi connectivity index (χ0v) is 10.4. The Kier molecular flexibility index (Phi) is 4.23. The van der Waals surface area contributed by atoms with Crippen LogP contribution in [-0.4, -0.2) is 34.6 Å². The Balaban J connectivity index is 0.000000160. The van der Waals surface area contributed by atoms with Gasteiger partial charge in [-0.15, -0.1) is 0 Å². The summed E-state index contributed by atoms with van der Waals surface area (Å²) in [5.74, 6) is 0. The lowest BCUT2D eigenvalue weighted by Gasteiger charge is -2.02. The van der Waals surface area contributed by atoms with Gasteiger partial charge in [0.2, 0.25) is 0 Å². The summed E-state index contributed by atoms with van der Waals surface area (Å²) in [7, 11) is 0. The average Bonchev–Trinajstić information content (AvgIpc) is 2.56. The maximum atomic E-state index is 10.0. The molecule has 0 aliphatic carbocycles. The molecule has 0 amide bonds. The van der Waals surface area contributed by atoms with Crippen LogP contribution in [0.25, 0.3) is 0 Å². The quantitative estimate of drug-likeness (QED) is 0.505. The number of carbonyl (C=O) groups excluding carboxylic acids is 2. The molecule has 0 radical (unpaired) electrons. The number of ether oxygens (including phenoxy) is 4. The highest BCUT2D eigenvalue weighted by atomic mass is 35.5.